The molecule has 8 heteroatoms. The highest BCUT2D eigenvalue weighted by molar-refractivity contribution is 6.32. The molecular weight excluding hydrogens is 409 g/mol. The third-order valence-corrected chi connectivity index (χ3v) is 5.24. The van der Waals surface area contributed by atoms with E-state index in [1.54, 1.807) is 6.20 Å². The number of rotatable bonds is 8. The van der Waals surface area contributed by atoms with Gasteiger partial charge in [0.1, 0.15) is 5.65 Å². The molecule has 0 saturated heterocycles. The Morgan fingerprint density at radius 1 is 1.30 bits per heavy atom. The fraction of sp³-hybridized carbons (Fsp3) is 0.409. The molecule has 160 valence electrons. The molecule has 1 N–H and O–H groups in total. The van der Waals surface area contributed by atoms with Gasteiger partial charge >= 0.3 is 5.97 Å². The maximum atomic E-state index is 14.9. The molecule has 30 heavy (non-hydrogen) atoms. The van der Waals surface area contributed by atoms with Crippen molar-refractivity contribution in [3.63, 3.8) is 0 Å². The van der Waals surface area contributed by atoms with Gasteiger partial charge in [0.25, 0.3) is 0 Å². The fourth-order valence-corrected chi connectivity index (χ4v) is 3.55. The largest absolute Gasteiger partial charge is 0.492 e. The lowest BCUT2D eigenvalue weighted by molar-refractivity contribution is 0.0315. The van der Waals surface area contributed by atoms with Gasteiger partial charge in [-0.25, -0.2) is 19.2 Å². The van der Waals surface area contributed by atoms with E-state index in [-0.39, 0.29) is 34.0 Å². The Labute approximate surface area is 179 Å². The third-order valence-electron chi connectivity index (χ3n) is 4.94. The number of H-pyrrole nitrogens is 1. The molecule has 1 unspecified atom stereocenters. The second-order valence-electron chi connectivity index (χ2n) is 7.24. The summed E-state index contributed by atoms with van der Waals surface area (Å²) in [5, 5.41) is 0.696. The Bertz CT molecular complexity index is 1070. The predicted octanol–water partition coefficient (Wildman–Crippen LogP) is 5.86. The molecule has 0 aliphatic heterocycles. The first-order valence-electron chi connectivity index (χ1n) is 9.96. The van der Waals surface area contributed by atoms with Crippen LogP contribution in [0, 0.1) is 12.7 Å². The second-order valence-corrected chi connectivity index (χ2v) is 7.65. The first-order chi connectivity index (χ1) is 14.4. The number of nitrogens with one attached hydrogen (secondary N) is 1. The van der Waals surface area contributed by atoms with Gasteiger partial charge < -0.3 is 14.5 Å². The number of nitrogens with zero attached hydrogens (tertiary/aromatic N) is 2. The van der Waals surface area contributed by atoms with Crippen molar-refractivity contribution in [1.82, 2.24) is 15.0 Å². The van der Waals surface area contributed by atoms with Crippen LogP contribution >= 0.6 is 11.6 Å². The summed E-state index contributed by atoms with van der Waals surface area (Å²) < 4.78 is 25.6. The zero-order valence-electron chi connectivity index (χ0n) is 17.5. The fourth-order valence-electron chi connectivity index (χ4n) is 3.33. The van der Waals surface area contributed by atoms with Crippen molar-refractivity contribution in [1.29, 1.82) is 0 Å². The lowest BCUT2D eigenvalue weighted by Gasteiger charge is -2.14. The zero-order chi connectivity index (χ0) is 21.8. The highest BCUT2D eigenvalue weighted by Crippen LogP contribution is 2.34. The van der Waals surface area contributed by atoms with Crippen LogP contribution in [0.5, 0.6) is 5.75 Å². The molecule has 3 aromatic rings. The van der Waals surface area contributed by atoms with Crippen molar-refractivity contribution in [3.05, 3.63) is 40.4 Å². The smallest absolute Gasteiger partial charge is 0.358 e. The van der Waals surface area contributed by atoms with E-state index < -0.39 is 11.8 Å². The summed E-state index contributed by atoms with van der Waals surface area (Å²) in [5.41, 5.74) is 1.41. The maximum Gasteiger partial charge on any atom is 0.358 e. The van der Waals surface area contributed by atoms with Crippen LogP contribution in [0.2, 0.25) is 5.02 Å². The SMILES string of the molecule is CCCCCC(C)OC(=O)c1nc(-c2ccc(Cl)c(OC)c2F)nc2[nH]cc(C)c12. The van der Waals surface area contributed by atoms with Crippen molar-refractivity contribution in [3.8, 4) is 17.1 Å². The quantitative estimate of drug-likeness (QED) is 0.355. The summed E-state index contributed by atoms with van der Waals surface area (Å²) in [4.78, 5) is 24.7. The van der Waals surface area contributed by atoms with Crippen molar-refractivity contribution < 1.29 is 18.7 Å². The highest BCUT2D eigenvalue weighted by atomic mass is 35.5. The minimum absolute atomic E-state index is 0.0439. The molecule has 2 heterocycles. The number of methoxy groups -OCH3 is 1. The number of fused-ring (bicyclic) bond motifs is 1. The molecule has 1 atom stereocenters. The monoisotopic (exact) mass is 433 g/mol. The average Bonchev–Trinajstić information content (AvgIpc) is 3.08. The summed E-state index contributed by atoms with van der Waals surface area (Å²) >= 11 is 5.99. The van der Waals surface area contributed by atoms with E-state index in [1.165, 1.54) is 19.2 Å². The molecule has 0 saturated carbocycles. The van der Waals surface area contributed by atoms with Crippen molar-refractivity contribution in [2.75, 3.05) is 7.11 Å². The van der Waals surface area contributed by atoms with Gasteiger partial charge in [0.05, 0.1) is 29.2 Å². The van der Waals surface area contributed by atoms with Gasteiger partial charge in [0.2, 0.25) is 0 Å². The van der Waals surface area contributed by atoms with E-state index >= 15 is 0 Å². The number of carbonyl (C=O) groups excluding carboxylic acids is 1. The van der Waals surface area contributed by atoms with Gasteiger partial charge in [-0.2, -0.15) is 0 Å². The molecule has 0 amide bonds. The number of aryl methyl sites for hydroxylation is 1. The summed E-state index contributed by atoms with van der Waals surface area (Å²) in [6.45, 7) is 5.82. The lowest BCUT2D eigenvalue weighted by atomic mass is 10.1. The normalized spacial score (nSPS) is 12.2. The Balaban J connectivity index is 2.03. The molecule has 3 rings (SSSR count). The van der Waals surface area contributed by atoms with Gasteiger partial charge in [-0.15, -0.1) is 0 Å². The molecule has 0 spiro atoms. The molecule has 0 aliphatic carbocycles. The first-order valence-corrected chi connectivity index (χ1v) is 10.3. The standard InChI is InChI=1S/C22H25ClFN3O3/c1-5-6-7-8-13(3)30-22(28)18-16-12(2)11-25-21(16)27-20(26-18)14-9-10-15(23)19(29-4)17(14)24/h9-11,13H,5-8H2,1-4H3,(H,25,26,27). The minimum atomic E-state index is -0.695. The number of unbranched alkanes of at least 4 members (excludes halogenated alkanes) is 2. The van der Waals surface area contributed by atoms with E-state index in [1.807, 2.05) is 13.8 Å². The van der Waals surface area contributed by atoms with Crippen LogP contribution in [-0.4, -0.2) is 34.1 Å². The van der Waals surface area contributed by atoms with Crippen LogP contribution in [0.25, 0.3) is 22.4 Å². The van der Waals surface area contributed by atoms with Gasteiger partial charge in [0, 0.05) is 6.20 Å². The number of aromatic nitrogens is 3. The molecule has 0 aliphatic rings. The lowest BCUT2D eigenvalue weighted by Crippen LogP contribution is -2.17. The van der Waals surface area contributed by atoms with Crippen molar-refractivity contribution in [2.45, 2.75) is 52.6 Å². The highest BCUT2D eigenvalue weighted by Gasteiger charge is 2.24. The number of halogens is 2. The number of carbonyl (C=O) groups is 1. The van der Waals surface area contributed by atoms with E-state index in [2.05, 4.69) is 21.9 Å². The predicted molar refractivity (Wildman–Crippen MR) is 115 cm³/mol. The van der Waals surface area contributed by atoms with Gasteiger partial charge in [-0.3, -0.25) is 0 Å². The van der Waals surface area contributed by atoms with Crippen LogP contribution in [0.4, 0.5) is 4.39 Å². The van der Waals surface area contributed by atoms with Crippen LogP contribution in [0.15, 0.2) is 18.3 Å². The first kappa shape index (κ1) is 22.0. The number of esters is 1. The number of hydrogen-bond acceptors (Lipinski definition) is 5. The van der Waals surface area contributed by atoms with Crippen molar-refractivity contribution in [2.24, 2.45) is 0 Å². The topological polar surface area (TPSA) is 77.1 Å². The molecule has 0 bridgehead atoms. The van der Waals surface area contributed by atoms with Crippen molar-refractivity contribution >= 4 is 28.6 Å². The molecule has 1 aromatic carbocycles. The number of ether oxygens (including phenoxy) is 2. The van der Waals surface area contributed by atoms with Crippen LogP contribution in [0.1, 0.15) is 55.6 Å². The van der Waals surface area contributed by atoms with E-state index in [0.717, 1.165) is 31.2 Å². The molecule has 2 aromatic heterocycles. The van der Waals surface area contributed by atoms with Crippen LogP contribution < -0.4 is 4.74 Å². The van der Waals surface area contributed by atoms with Gasteiger partial charge in [-0.05, 0) is 44.4 Å². The number of aromatic amines is 1. The van der Waals surface area contributed by atoms with Gasteiger partial charge in [0.15, 0.2) is 23.1 Å². The molecule has 6 nitrogen and oxygen atoms in total. The summed E-state index contributed by atoms with van der Waals surface area (Å²) in [5.74, 6) is -1.31. The average molecular weight is 434 g/mol. The molecular formula is C22H25ClFN3O3. The van der Waals surface area contributed by atoms with E-state index in [0.29, 0.717) is 11.0 Å². The summed E-state index contributed by atoms with van der Waals surface area (Å²) in [6.07, 6.45) is 5.41. The Hall–Kier alpha value is -2.67. The Morgan fingerprint density at radius 2 is 2.07 bits per heavy atom. The van der Waals surface area contributed by atoms with Crippen LogP contribution in [0.3, 0.4) is 0 Å². The summed E-state index contributed by atoms with van der Waals surface area (Å²) in [6, 6.07) is 2.96. The Kier molecular flexibility index (Phi) is 6.92. The van der Waals surface area contributed by atoms with E-state index in [4.69, 9.17) is 21.1 Å². The minimum Gasteiger partial charge on any atom is -0.492 e. The van der Waals surface area contributed by atoms with E-state index in [9.17, 15) is 9.18 Å². The molecule has 0 fully saturated rings. The number of hydrogen-bond donors (Lipinski definition) is 1. The van der Waals surface area contributed by atoms with Crippen LogP contribution in [-0.2, 0) is 4.74 Å². The number of benzene rings is 1. The maximum absolute atomic E-state index is 14.9. The third kappa shape index (κ3) is 4.41. The molecule has 0 radical (unpaired) electrons. The second kappa shape index (κ2) is 9.43. The van der Waals surface area contributed by atoms with Gasteiger partial charge in [-0.1, -0.05) is 31.4 Å². The Morgan fingerprint density at radius 3 is 2.77 bits per heavy atom. The summed E-state index contributed by atoms with van der Waals surface area (Å²) in [7, 11) is 1.33. The zero-order valence-corrected chi connectivity index (χ0v) is 18.3.